The highest BCUT2D eigenvalue weighted by atomic mass is 16.7. The fraction of sp³-hybridized carbons (Fsp3) is 0.900. The molecule has 0 amide bonds. The lowest BCUT2D eigenvalue weighted by molar-refractivity contribution is -0.318. The third-order valence-electron chi connectivity index (χ3n) is 26.0. The van der Waals surface area contributed by atoms with Gasteiger partial charge in [-0.25, -0.2) is 0 Å². The van der Waals surface area contributed by atoms with Crippen molar-refractivity contribution in [2.24, 2.45) is 47.3 Å². The first kappa shape index (κ1) is 89.6. The van der Waals surface area contributed by atoms with Gasteiger partial charge < -0.3 is 117 Å². The topological polar surface area (TPSA) is 350 Å². The molecule has 107 heavy (non-hydrogen) atoms. The number of ether oxygens (including phenoxy) is 15. The van der Waals surface area contributed by atoms with Crippen LogP contribution in [0.2, 0.25) is 0 Å². The maximum absolute atomic E-state index is 14.5. The third-order valence-corrected chi connectivity index (χ3v) is 26.0. The maximum Gasteiger partial charge on any atom is 0.311 e. The molecular formula is C80H138N2O25. The molecule has 8 heterocycles. The number of benzene rings is 1. The Bertz CT molecular complexity index is 2990. The van der Waals surface area contributed by atoms with E-state index in [0.29, 0.717) is 32.2 Å². The summed E-state index contributed by atoms with van der Waals surface area (Å²) in [6, 6.07) is 7.26. The first-order valence-corrected chi connectivity index (χ1v) is 39.5. The number of aliphatic hydroxyl groups is 8. The summed E-state index contributed by atoms with van der Waals surface area (Å²) in [5, 5.41) is 94.2. The Kier molecular flexibility index (Phi) is 30.0. The number of nitrogens with zero attached hydrogens (tertiary/aromatic N) is 1. The van der Waals surface area contributed by atoms with Gasteiger partial charge >= 0.3 is 11.9 Å². The molecule has 0 spiro atoms. The molecule has 9 N–H and O–H groups in total. The summed E-state index contributed by atoms with van der Waals surface area (Å²) < 4.78 is 95.9. The van der Waals surface area contributed by atoms with E-state index < -0.39 is 204 Å². The van der Waals surface area contributed by atoms with Crippen molar-refractivity contribution < 1.29 is 121 Å². The van der Waals surface area contributed by atoms with E-state index in [1.54, 1.807) is 69.5 Å². The van der Waals surface area contributed by atoms with Gasteiger partial charge in [0.25, 0.3) is 0 Å². The highest BCUT2D eigenvalue weighted by Crippen LogP contribution is 2.52. The van der Waals surface area contributed by atoms with Crippen LogP contribution in [0.4, 0.5) is 0 Å². The number of nitrogens with one attached hydrogen (secondary N) is 1. The van der Waals surface area contributed by atoms with Crippen LogP contribution in [-0.4, -0.2) is 274 Å². The molecule has 0 aromatic heterocycles. The van der Waals surface area contributed by atoms with Gasteiger partial charge in [-0.1, -0.05) is 67.5 Å². The average molecular weight is 1530 g/mol. The number of cyclic esters (lactones) is 2. The molecule has 0 aliphatic carbocycles. The molecular weight excluding hydrogens is 1390 g/mol. The molecule has 27 nitrogen and oxygen atoms in total. The molecule has 8 aliphatic heterocycles. The smallest absolute Gasteiger partial charge is 0.311 e. The van der Waals surface area contributed by atoms with Crippen molar-refractivity contribution in [3.8, 4) is 5.75 Å². The number of fused-ring (bicyclic) bond motifs is 4. The van der Waals surface area contributed by atoms with Gasteiger partial charge in [-0.05, 0) is 165 Å². The lowest BCUT2D eigenvalue weighted by Crippen LogP contribution is -2.60. The number of esters is 2. The van der Waals surface area contributed by atoms with Gasteiger partial charge in [-0.2, -0.15) is 0 Å². The van der Waals surface area contributed by atoms with Crippen LogP contribution in [0.15, 0.2) is 24.3 Å². The van der Waals surface area contributed by atoms with Crippen LogP contribution in [0.1, 0.15) is 195 Å². The highest BCUT2D eigenvalue weighted by molar-refractivity contribution is 5.73. The second kappa shape index (κ2) is 35.9. The molecule has 9 rings (SSSR count). The number of likely N-dealkylation sites (N-methyl/N-ethyl adjacent to an activating group) is 2. The molecule has 618 valence electrons. The van der Waals surface area contributed by atoms with Crippen molar-refractivity contribution in [3.05, 3.63) is 29.8 Å². The van der Waals surface area contributed by atoms with Crippen molar-refractivity contribution in [3.63, 3.8) is 0 Å². The number of carbonyl (C=O) groups excluding carboxylic acids is 2. The van der Waals surface area contributed by atoms with Gasteiger partial charge in [0.2, 0.25) is 0 Å². The largest absolute Gasteiger partial charge is 0.497 e. The predicted octanol–water partition coefficient (Wildman–Crippen LogP) is 6.48. The molecule has 1 aromatic carbocycles. The number of hydrogen-bond acceptors (Lipinski definition) is 27. The van der Waals surface area contributed by atoms with Crippen LogP contribution in [0.3, 0.4) is 0 Å². The van der Waals surface area contributed by atoms with Crippen molar-refractivity contribution in [1.82, 2.24) is 10.2 Å². The van der Waals surface area contributed by atoms with Crippen molar-refractivity contribution in [2.75, 3.05) is 35.4 Å². The van der Waals surface area contributed by atoms with Crippen LogP contribution in [-0.2, 0) is 82.4 Å². The highest BCUT2D eigenvalue weighted by Gasteiger charge is 2.62. The fourth-order valence-electron chi connectivity index (χ4n) is 19.3. The Balaban J connectivity index is 0.000000274. The minimum Gasteiger partial charge on any atom is -0.497 e. The van der Waals surface area contributed by atoms with Gasteiger partial charge in [0, 0.05) is 69.4 Å². The van der Waals surface area contributed by atoms with Crippen LogP contribution in [0, 0.1) is 47.3 Å². The summed E-state index contributed by atoms with van der Waals surface area (Å²) in [6.45, 7) is 37.2. The molecule has 0 radical (unpaired) electrons. The standard InChI is InChI=1S/C44H73NO13.C36H65NO12/c1-14-32(46)44(10,50)39-25(4)35-23(2)20-43(9,58-35)38(26(5)36(27(6)40(49)56-39)55-33-21-42(8,52-13)37(48)28(7)54-33)57-41-34(47)31(19-24(3)53-41)45(11)22-29-15-17-30(51-12)18-16-29;1-13-24(38)36(10,42)31-19(4)27-17(2)15-35(9,49-27)30(48-33-26(39)23(37-11)14-18(3)44-33)20(5)28(21(6)32(41)47-31)46-25-16-34(8,43-12)29(40)22(7)45-25/h15-18,23-28,31-39,41,46-48,50H,14,19-22H2,1-13H3;17-31,33,37-40,42H,13-16H2,1-12H3/t23?,24?,25-,26-,27+,28?,31?,32+,33-,34?,35?,36-,37-,38+,39+,41-,42?,43-,44+;17?,18?,19-,20-,21+,22?,23?,24+,25-,26?,27?,28-,29-,30+,31+,33-,34?,35-,36+/m00/s1. The van der Waals surface area contributed by atoms with E-state index in [9.17, 15) is 50.4 Å². The first-order chi connectivity index (χ1) is 49.8. The Morgan fingerprint density at radius 2 is 0.963 bits per heavy atom. The van der Waals surface area contributed by atoms with Gasteiger partial charge in [0.1, 0.15) is 53.6 Å². The molecule has 38 atom stereocenters. The zero-order valence-corrected chi connectivity index (χ0v) is 68.6. The zero-order valence-electron chi connectivity index (χ0n) is 68.6. The van der Waals surface area contributed by atoms with Crippen LogP contribution in [0.25, 0.3) is 0 Å². The minimum absolute atomic E-state index is 0.0575. The van der Waals surface area contributed by atoms with Crippen molar-refractivity contribution in [1.29, 1.82) is 0 Å². The first-order valence-electron chi connectivity index (χ1n) is 39.5. The summed E-state index contributed by atoms with van der Waals surface area (Å²) in [5.74, 6) is -4.72. The quantitative estimate of drug-likeness (QED) is 0.0594. The lowest BCUT2D eigenvalue weighted by atomic mass is 9.76. The van der Waals surface area contributed by atoms with E-state index in [1.165, 1.54) is 28.1 Å². The predicted molar refractivity (Wildman–Crippen MR) is 394 cm³/mol. The number of hydrogen-bond donors (Lipinski definition) is 9. The normalized spacial score (nSPS) is 47.0. The van der Waals surface area contributed by atoms with E-state index >= 15 is 0 Å². The Hall–Kier alpha value is -2.92. The van der Waals surface area contributed by atoms with Gasteiger partial charge in [-0.15, -0.1) is 0 Å². The molecule has 4 bridgehead atoms. The summed E-state index contributed by atoms with van der Waals surface area (Å²) in [4.78, 5) is 30.8. The fourth-order valence-corrected chi connectivity index (χ4v) is 19.3. The molecule has 8 saturated heterocycles. The number of rotatable bonds is 21. The molecule has 8 aliphatic rings. The second-order valence-electron chi connectivity index (χ2n) is 34.7. The Morgan fingerprint density at radius 3 is 1.34 bits per heavy atom. The monoisotopic (exact) mass is 1530 g/mol. The van der Waals surface area contributed by atoms with Crippen LogP contribution < -0.4 is 10.1 Å². The average Bonchev–Trinajstić information content (AvgIpc) is 1.64. The summed E-state index contributed by atoms with van der Waals surface area (Å²) in [6.07, 6.45) is -15.3. The van der Waals surface area contributed by atoms with E-state index in [0.717, 1.165) is 11.3 Å². The molecule has 1 aromatic rings. The number of methoxy groups -OCH3 is 3. The lowest BCUT2D eigenvalue weighted by Gasteiger charge is -2.48. The van der Waals surface area contributed by atoms with Crippen LogP contribution >= 0.6 is 0 Å². The summed E-state index contributed by atoms with van der Waals surface area (Å²) in [5.41, 5.74) is -6.46. The molecule has 0 saturated carbocycles. The summed E-state index contributed by atoms with van der Waals surface area (Å²) in [7, 11) is 8.46. The Morgan fingerprint density at radius 1 is 0.570 bits per heavy atom. The van der Waals surface area contributed by atoms with E-state index in [2.05, 4.69) is 24.1 Å². The third kappa shape index (κ3) is 19.1. The van der Waals surface area contributed by atoms with Gasteiger partial charge in [-0.3, -0.25) is 14.5 Å². The van der Waals surface area contributed by atoms with E-state index in [-0.39, 0.29) is 61.8 Å². The molecule has 8 fully saturated rings. The van der Waals surface area contributed by atoms with Gasteiger partial charge in [0.05, 0.1) is 115 Å². The molecule has 14 unspecified atom stereocenters. The van der Waals surface area contributed by atoms with Gasteiger partial charge in [0.15, 0.2) is 25.2 Å². The van der Waals surface area contributed by atoms with E-state index in [4.69, 9.17) is 71.1 Å². The zero-order chi connectivity index (χ0) is 79.9. The van der Waals surface area contributed by atoms with Crippen molar-refractivity contribution >= 4 is 11.9 Å². The van der Waals surface area contributed by atoms with Crippen LogP contribution in [0.5, 0.6) is 5.75 Å². The second-order valence-corrected chi connectivity index (χ2v) is 34.7. The number of carbonyl (C=O) groups is 2. The summed E-state index contributed by atoms with van der Waals surface area (Å²) >= 11 is 0. The Labute approximate surface area is 636 Å². The van der Waals surface area contributed by atoms with Crippen molar-refractivity contribution in [2.45, 2.75) is 377 Å². The SMILES string of the molecule is CC[C@@H](O)[C@@](C)(O)[C@@H]1OC(=O)[C@H](C)[C@@H](O[C@H]2CC(C)(OC)[C@@H](O)C(C)O2)[C@H](C)[C@@H](O[C@@H]2OC(C)CC(N(C)Cc3ccc(OC)cc3)C2O)[C@]2(C)CC(C)C(O2)[C@@H]1C.CC[C@@H](O)[C@@](C)(O)[C@@H]1OC(=O)[C@H](C)[C@@H](O[C@H]2CC(C)(OC)[C@@H](O)C(C)O2)[C@H](C)[C@@H](O[C@@H]2OC(C)CC(NC)C2O)[C@]2(C)CC(C)C(O2)[C@@H]1C. The van der Waals surface area contributed by atoms with E-state index in [1.807, 2.05) is 86.7 Å². The molecule has 27 heteroatoms. The minimum atomic E-state index is -1.81. The maximum atomic E-state index is 14.5. The number of aliphatic hydroxyl groups excluding tert-OH is 6.